The normalized spacial score (nSPS) is 12.1. The summed E-state index contributed by atoms with van der Waals surface area (Å²) in [6.07, 6.45) is 6.85. The molecule has 0 spiro atoms. The van der Waals surface area contributed by atoms with Crippen molar-refractivity contribution in [3.05, 3.63) is 83.7 Å². The van der Waals surface area contributed by atoms with Crippen LogP contribution in [0.1, 0.15) is 66.0 Å². The van der Waals surface area contributed by atoms with Crippen LogP contribution in [0, 0.1) is 5.92 Å². The SMILES string of the molecule is CC(=O)c1nc(-c2ccc(C[C@H](C)CCO)cc2)cn1C.CC(=O)c1nc(-c2ccc(C[C@H](N)CCO)cc2)cn1C.Cl. The van der Waals surface area contributed by atoms with Crippen LogP contribution < -0.4 is 5.73 Å². The van der Waals surface area contributed by atoms with E-state index in [9.17, 15) is 9.59 Å². The van der Waals surface area contributed by atoms with Gasteiger partial charge in [-0.2, -0.15) is 0 Å². The molecule has 4 rings (SSSR count). The van der Waals surface area contributed by atoms with Gasteiger partial charge in [-0.1, -0.05) is 55.5 Å². The Labute approximate surface area is 260 Å². The summed E-state index contributed by atoms with van der Waals surface area (Å²) in [7, 11) is 3.65. The number of carbonyl (C=O) groups excluding carboxylic acids is 2. The second-order valence-corrected chi connectivity index (χ2v) is 10.9. The lowest BCUT2D eigenvalue weighted by molar-refractivity contribution is 0.0992. The summed E-state index contributed by atoms with van der Waals surface area (Å²) in [4.78, 5) is 31.6. The zero-order chi connectivity index (χ0) is 30.8. The molecule has 43 heavy (non-hydrogen) atoms. The van der Waals surface area contributed by atoms with Crippen LogP contribution in [0.5, 0.6) is 0 Å². The molecule has 2 atom stereocenters. The Morgan fingerprint density at radius 2 is 1.14 bits per heavy atom. The molecule has 9 nitrogen and oxygen atoms in total. The van der Waals surface area contributed by atoms with Crippen LogP contribution in [0.25, 0.3) is 22.5 Å². The van der Waals surface area contributed by atoms with E-state index in [2.05, 4.69) is 29.0 Å². The topological polar surface area (TPSA) is 136 Å². The minimum absolute atomic E-state index is 0. The fraction of sp³-hybridized carbons (Fsp3) is 0.394. The second-order valence-electron chi connectivity index (χ2n) is 10.9. The highest BCUT2D eigenvalue weighted by Gasteiger charge is 2.12. The molecule has 0 amide bonds. The van der Waals surface area contributed by atoms with Gasteiger partial charge >= 0.3 is 0 Å². The number of aryl methyl sites for hydroxylation is 2. The molecule has 0 unspecified atom stereocenters. The lowest BCUT2D eigenvalue weighted by Gasteiger charge is -2.09. The first-order valence-corrected chi connectivity index (χ1v) is 14.3. The third-order valence-electron chi connectivity index (χ3n) is 7.09. The smallest absolute Gasteiger partial charge is 0.195 e. The molecular formula is C33H44ClN5O4. The van der Waals surface area contributed by atoms with Crippen molar-refractivity contribution in [1.82, 2.24) is 19.1 Å². The van der Waals surface area contributed by atoms with Crippen LogP contribution in [0.4, 0.5) is 0 Å². The Hall–Kier alpha value is -3.63. The Morgan fingerprint density at radius 1 is 0.744 bits per heavy atom. The average Bonchev–Trinajstić information content (AvgIpc) is 3.53. The quantitative estimate of drug-likeness (QED) is 0.196. The lowest BCUT2D eigenvalue weighted by Crippen LogP contribution is -2.23. The van der Waals surface area contributed by atoms with Crippen molar-refractivity contribution in [2.24, 2.45) is 25.7 Å². The van der Waals surface area contributed by atoms with E-state index in [1.54, 1.807) is 9.13 Å². The number of ketones is 2. The summed E-state index contributed by atoms with van der Waals surface area (Å²) in [5.74, 6) is 1.33. The average molecular weight is 610 g/mol. The number of benzene rings is 2. The number of aliphatic hydroxyl groups excluding tert-OH is 2. The molecule has 0 aliphatic rings. The van der Waals surface area contributed by atoms with Gasteiger partial charge in [-0.15, -0.1) is 12.4 Å². The maximum atomic E-state index is 11.4. The first kappa shape index (κ1) is 35.6. The van der Waals surface area contributed by atoms with Gasteiger partial charge < -0.3 is 25.1 Å². The Bertz CT molecular complexity index is 1350. The number of aromatic nitrogens is 4. The van der Waals surface area contributed by atoms with E-state index in [4.69, 9.17) is 15.9 Å². The molecule has 0 saturated carbocycles. The monoisotopic (exact) mass is 609 g/mol. The Kier molecular flexibility index (Phi) is 13.9. The van der Waals surface area contributed by atoms with Crippen LogP contribution in [0.3, 0.4) is 0 Å². The van der Waals surface area contributed by atoms with Crippen molar-refractivity contribution in [3.8, 4) is 22.5 Å². The highest BCUT2D eigenvalue weighted by molar-refractivity contribution is 5.91. The molecule has 4 N–H and O–H groups in total. The molecule has 2 aromatic heterocycles. The lowest BCUT2D eigenvalue weighted by atomic mass is 9.97. The molecule has 0 radical (unpaired) electrons. The third kappa shape index (κ3) is 10.2. The first-order chi connectivity index (χ1) is 20.0. The fourth-order valence-corrected chi connectivity index (χ4v) is 4.78. The summed E-state index contributed by atoms with van der Waals surface area (Å²) in [5, 5.41) is 17.8. The first-order valence-electron chi connectivity index (χ1n) is 14.3. The molecule has 0 fully saturated rings. The van der Waals surface area contributed by atoms with Crippen LogP contribution in [0.15, 0.2) is 60.9 Å². The summed E-state index contributed by atoms with van der Waals surface area (Å²) in [6, 6.07) is 16.2. The Morgan fingerprint density at radius 3 is 1.49 bits per heavy atom. The van der Waals surface area contributed by atoms with Gasteiger partial charge in [0.2, 0.25) is 0 Å². The van der Waals surface area contributed by atoms with Gasteiger partial charge in [-0.05, 0) is 42.7 Å². The summed E-state index contributed by atoms with van der Waals surface area (Å²) in [6.45, 7) is 5.53. The van der Waals surface area contributed by atoms with Crippen molar-refractivity contribution >= 4 is 24.0 Å². The number of hydrogen-bond acceptors (Lipinski definition) is 7. The zero-order valence-corrected chi connectivity index (χ0v) is 26.5. The molecule has 232 valence electrons. The number of Topliss-reactive ketones (excluding diaryl/α,β-unsaturated/α-hetero) is 2. The standard InChI is InChI=1S/C17H22N2O2.C16H21N3O2.ClH/c1-12(8-9-20)10-14-4-6-15(7-5-14)16-11-19(3)17(18-16)13(2)21;1-11(21)16-18-15(10-19(16)2)13-5-3-12(4-6-13)9-14(17)7-8-20;/h4-7,11-12,20H,8-10H2,1-3H3;3-6,10,14,20H,7-9,17H2,1-2H3;1H/t12-;14-;/m11./s1. The third-order valence-corrected chi connectivity index (χ3v) is 7.09. The van der Waals surface area contributed by atoms with Gasteiger partial charge in [0.25, 0.3) is 0 Å². The van der Waals surface area contributed by atoms with Crippen molar-refractivity contribution in [2.45, 2.75) is 52.5 Å². The molecule has 4 aromatic rings. The number of halogens is 1. The maximum Gasteiger partial charge on any atom is 0.195 e. The van der Waals surface area contributed by atoms with E-state index in [0.717, 1.165) is 47.3 Å². The number of nitrogens with two attached hydrogens (primary N) is 1. The van der Waals surface area contributed by atoms with Gasteiger partial charge in [0.15, 0.2) is 23.2 Å². The molecule has 2 aromatic carbocycles. The number of imidazole rings is 2. The Balaban J connectivity index is 0.000000293. The molecule has 10 heteroatoms. The van der Waals surface area contributed by atoms with Crippen molar-refractivity contribution < 1.29 is 19.8 Å². The van der Waals surface area contributed by atoms with Gasteiger partial charge in [0, 0.05) is 70.7 Å². The van der Waals surface area contributed by atoms with Gasteiger partial charge in [0.05, 0.1) is 11.4 Å². The van der Waals surface area contributed by atoms with Gasteiger partial charge in [-0.25, -0.2) is 9.97 Å². The summed E-state index contributed by atoms with van der Waals surface area (Å²) < 4.78 is 3.50. The van der Waals surface area contributed by atoms with Gasteiger partial charge in [-0.3, -0.25) is 9.59 Å². The second kappa shape index (κ2) is 16.9. The van der Waals surface area contributed by atoms with Crippen molar-refractivity contribution in [2.75, 3.05) is 13.2 Å². The molecule has 2 heterocycles. The molecular weight excluding hydrogens is 566 g/mol. The summed E-state index contributed by atoms with van der Waals surface area (Å²) >= 11 is 0. The van der Waals surface area contributed by atoms with E-state index in [1.165, 1.54) is 19.4 Å². The number of aliphatic hydroxyl groups is 2. The summed E-state index contributed by atoms with van der Waals surface area (Å²) in [5.41, 5.74) is 11.9. The fourth-order valence-electron chi connectivity index (χ4n) is 4.78. The van der Waals surface area contributed by atoms with Crippen molar-refractivity contribution in [1.29, 1.82) is 0 Å². The number of rotatable bonds is 12. The number of nitrogens with zero attached hydrogens (tertiary/aromatic N) is 4. The van der Waals surface area contributed by atoms with Crippen LogP contribution >= 0.6 is 12.4 Å². The van der Waals surface area contributed by atoms with Crippen molar-refractivity contribution in [3.63, 3.8) is 0 Å². The van der Waals surface area contributed by atoms with E-state index >= 15 is 0 Å². The molecule has 0 saturated heterocycles. The van der Waals surface area contributed by atoms with Crippen LogP contribution in [-0.4, -0.2) is 60.1 Å². The van der Waals surface area contributed by atoms with E-state index in [-0.39, 0.29) is 43.2 Å². The largest absolute Gasteiger partial charge is 0.396 e. The highest BCUT2D eigenvalue weighted by atomic mass is 35.5. The molecule has 0 aliphatic carbocycles. The van der Waals surface area contributed by atoms with E-state index in [0.29, 0.717) is 24.0 Å². The van der Waals surface area contributed by atoms with Gasteiger partial charge in [0.1, 0.15) is 0 Å². The number of carbonyl (C=O) groups is 2. The molecule has 0 bridgehead atoms. The van der Waals surface area contributed by atoms with Crippen LogP contribution in [-0.2, 0) is 26.9 Å². The van der Waals surface area contributed by atoms with E-state index in [1.807, 2.05) is 62.9 Å². The van der Waals surface area contributed by atoms with Crippen LogP contribution in [0.2, 0.25) is 0 Å². The minimum atomic E-state index is -0.0460. The number of hydrogen-bond donors (Lipinski definition) is 3. The van der Waals surface area contributed by atoms with E-state index < -0.39 is 0 Å². The predicted octanol–water partition coefficient (Wildman–Crippen LogP) is 4.81. The maximum absolute atomic E-state index is 11.4. The zero-order valence-electron chi connectivity index (χ0n) is 25.7. The molecule has 0 aliphatic heterocycles. The predicted molar refractivity (Wildman–Crippen MR) is 172 cm³/mol. The highest BCUT2D eigenvalue weighted by Crippen LogP contribution is 2.22. The minimum Gasteiger partial charge on any atom is -0.396 e.